The summed E-state index contributed by atoms with van der Waals surface area (Å²) < 4.78 is 40.1. The van der Waals surface area contributed by atoms with Crippen LogP contribution in [0.3, 0.4) is 0 Å². The summed E-state index contributed by atoms with van der Waals surface area (Å²) in [6.45, 7) is 1.79. The minimum Gasteiger partial charge on any atom is -0.497 e. The van der Waals surface area contributed by atoms with Crippen LogP contribution in [0.2, 0.25) is 0 Å². The molecule has 0 saturated carbocycles. The third-order valence-electron chi connectivity index (χ3n) is 7.05. The Morgan fingerprint density at radius 3 is 2.07 bits per heavy atom. The first-order chi connectivity index (χ1) is 21.3. The van der Waals surface area contributed by atoms with Gasteiger partial charge in [-0.05, 0) is 66.6 Å². The monoisotopic (exact) mass is 615 g/mol. The highest BCUT2D eigenvalue weighted by Crippen LogP contribution is 2.26. The maximum absolute atomic E-state index is 14.3. The Morgan fingerprint density at radius 1 is 0.818 bits per heavy atom. The quantitative estimate of drug-likeness (QED) is 0.221. The van der Waals surface area contributed by atoms with E-state index in [1.165, 1.54) is 24.1 Å². The maximum atomic E-state index is 14.3. The molecule has 0 aliphatic carbocycles. The van der Waals surface area contributed by atoms with Crippen molar-refractivity contribution in [1.29, 1.82) is 0 Å². The molecule has 0 aliphatic rings. The number of sulfonamides is 1. The summed E-state index contributed by atoms with van der Waals surface area (Å²) in [6.07, 6.45) is 0.229. The summed E-state index contributed by atoms with van der Waals surface area (Å²) in [5.74, 6) is 0.215. The predicted molar refractivity (Wildman–Crippen MR) is 170 cm³/mol. The zero-order valence-electron chi connectivity index (χ0n) is 25.1. The van der Waals surface area contributed by atoms with Crippen molar-refractivity contribution in [3.63, 3.8) is 0 Å². The second-order valence-electron chi connectivity index (χ2n) is 9.94. The molecule has 0 aliphatic heterocycles. The lowest BCUT2D eigenvalue weighted by Gasteiger charge is -2.33. The van der Waals surface area contributed by atoms with E-state index in [9.17, 15) is 18.0 Å². The van der Waals surface area contributed by atoms with Gasteiger partial charge in [-0.3, -0.25) is 13.9 Å². The van der Waals surface area contributed by atoms with Crippen LogP contribution in [-0.4, -0.2) is 58.5 Å². The van der Waals surface area contributed by atoms with Crippen LogP contribution in [0.15, 0.2) is 114 Å². The van der Waals surface area contributed by atoms with Gasteiger partial charge in [-0.1, -0.05) is 60.7 Å². The van der Waals surface area contributed by atoms with Gasteiger partial charge in [0, 0.05) is 20.0 Å². The summed E-state index contributed by atoms with van der Waals surface area (Å²) in [5, 5.41) is 2.68. The van der Waals surface area contributed by atoms with Crippen molar-refractivity contribution in [2.24, 2.45) is 0 Å². The Morgan fingerprint density at radius 2 is 1.45 bits per heavy atom. The van der Waals surface area contributed by atoms with Crippen LogP contribution in [0, 0.1) is 0 Å². The normalized spacial score (nSPS) is 11.7. The molecule has 4 aromatic rings. The Labute approximate surface area is 259 Å². The third-order valence-corrected chi connectivity index (χ3v) is 8.84. The van der Waals surface area contributed by atoms with Crippen LogP contribution in [0.4, 0.5) is 5.69 Å². The Hall–Kier alpha value is -4.83. The van der Waals surface area contributed by atoms with E-state index in [0.717, 1.165) is 15.4 Å². The van der Waals surface area contributed by atoms with E-state index in [2.05, 4.69) is 5.32 Å². The van der Waals surface area contributed by atoms with Gasteiger partial charge in [0.1, 0.15) is 24.1 Å². The first-order valence-corrected chi connectivity index (χ1v) is 15.7. The topological polar surface area (TPSA) is 105 Å². The summed E-state index contributed by atoms with van der Waals surface area (Å²) >= 11 is 0. The van der Waals surface area contributed by atoms with Gasteiger partial charge in [0.25, 0.3) is 10.0 Å². The molecule has 1 atom stereocenters. The number of carbonyl (C=O) groups is 2. The number of para-hydroxylation sites is 1. The average molecular weight is 616 g/mol. The molecular weight excluding hydrogens is 578 g/mol. The fourth-order valence-corrected chi connectivity index (χ4v) is 6.23. The van der Waals surface area contributed by atoms with Gasteiger partial charge in [0.05, 0.1) is 24.3 Å². The number of likely N-dealkylation sites (N-methyl/N-ethyl adjacent to an activating group) is 1. The SMILES string of the molecule is CCOc1ccc(S(=O)(=O)N(CC(=O)N(Cc2cccc(OC)c2)C(Cc2ccccc2)C(=O)NC)c2ccccc2)cc1. The van der Waals surface area contributed by atoms with Crippen molar-refractivity contribution in [3.05, 3.63) is 120 Å². The molecule has 0 spiro atoms. The van der Waals surface area contributed by atoms with Crippen molar-refractivity contribution >= 4 is 27.5 Å². The molecule has 2 amide bonds. The van der Waals surface area contributed by atoms with Gasteiger partial charge in [-0.15, -0.1) is 0 Å². The lowest BCUT2D eigenvalue weighted by Crippen LogP contribution is -2.53. The van der Waals surface area contributed by atoms with E-state index in [1.807, 2.05) is 43.3 Å². The zero-order valence-corrected chi connectivity index (χ0v) is 25.9. The molecule has 4 rings (SSSR count). The number of nitrogens with zero attached hydrogens (tertiary/aromatic N) is 2. The molecule has 10 heteroatoms. The van der Waals surface area contributed by atoms with Gasteiger partial charge in [-0.25, -0.2) is 8.42 Å². The van der Waals surface area contributed by atoms with E-state index in [1.54, 1.807) is 67.8 Å². The van der Waals surface area contributed by atoms with Crippen LogP contribution < -0.4 is 19.1 Å². The molecule has 0 bridgehead atoms. The molecule has 44 heavy (non-hydrogen) atoms. The number of hydrogen-bond donors (Lipinski definition) is 1. The van der Waals surface area contributed by atoms with Crippen LogP contribution in [0.5, 0.6) is 11.5 Å². The standard InChI is InChI=1S/C34H37N3O6S/c1-4-43-29-18-20-31(21-19-29)44(40,41)37(28-15-9-6-10-16-28)25-33(38)36(24-27-14-11-17-30(22-27)42-3)32(34(39)35-2)23-26-12-7-5-8-13-26/h5-22,32H,4,23-25H2,1-3H3,(H,35,39). The summed E-state index contributed by atoms with van der Waals surface area (Å²) in [6, 6.07) is 30.2. The van der Waals surface area contributed by atoms with Crippen LogP contribution in [0.25, 0.3) is 0 Å². The fraction of sp³-hybridized carbons (Fsp3) is 0.235. The first-order valence-electron chi connectivity index (χ1n) is 14.3. The number of nitrogens with one attached hydrogen (secondary N) is 1. The van der Waals surface area contributed by atoms with Crippen molar-refractivity contribution in [1.82, 2.24) is 10.2 Å². The van der Waals surface area contributed by atoms with E-state index in [4.69, 9.17) is 9.47 Å². The lowest BCUT2D eigenvalue weighted by atomic mass is 10.0. The van der Waals surface area contributed by atoms with Crippen LogP contribution in [-0.2, 0) is 32.6 Å². The van der Waals surface area contributed by atoms with Gasteiger partial charge < -0.3 is 19.7 Å². The van der Waals surface area contributed by atoms with E-state index >= 15 is 0 Å². The average Bonchev–Trinajstić information content (AvgIpc) is 3.06. The molecule has 1 unspecified atom stereocenters. The van der Waals surface area contributed by atoms with Crippen molar-refractivity contribution < 1.29 is 27.5 Å². The smallest absolute Gasteiger partial charge is 0.264 e. The van der Waals surface area contributed by atoms with Crippen molar-refractivity contribution in [2.45, 2.75) is 30.8 Å². The van der Waals surface area contributed by atoms with Crippen LogP contribution in [0.1, 0.15) is 18.1 Å². The second-order valence-corrected chi connectivity index (χ2v) is 11.8. The Kier molecular flexibility index (Phi) is 11.0. The molecular formula is C34H37N3O6S. The summed E-state index contributed by atoms with van der Waals surface area (Å²) in [4.78, 5) is 29.1. The van der Waals surface area contributed by atoms with E-state index in [-0.39, 0.29) is 23.8 Å². The maximum Gasteiger partial charge on any atom is 0.264 e. The largest absolute Gasteiger partial charge is 0.497 e. The number of methoxy groups -OCH3 is 1. The van der Waals surface area contributed by atoms with E-state index in [0.29, 0.717) is 23.8 Å². The molecule has 230 valence electrons. The molecule has 0 fully saturated rings. The van der Waals surface area contributed by atoms with E-state index < -0.39 is 28.5 Å². The Balaban J connectivity index is 1.76. The minimum absolute atomic E-state index is 0.00379. The lowest BCUT2D eigenvalue weighted by molar-refractivity contribution is -0.139. The summed E-state index contributed by atoms with van der Waals surface area (Å²) in [7, 11) is -1.13. The van der Waals surface area contributed by atoms with Gasteiger partial charge in [0.2, 0.25) is 11.8 Å². The predicted octanol–water partition coefficient (Wildman–Crippen LogP) is 4.68. The molecule has 0 heterocycles. The van der Waals surface area contributed by atoms with Crippen molar-refractivity contribution in [3.8, 4) is 11.5 Å². The highest BCUT2D eigenvalue weighted by molar-refractivity contribution is 7.92. The van der Waals surface area contributed by atoms with Gasteiger partial charge in [-0.2, -0.15) is 0 Å². The fourth-order valence-electron chi connectivity index (χ4n) is 4.81. The van der Waals surface area contributed by atoms with Crippen LogP contribution >= 0.6 is 0 Å². The molecule has 4 aromatic carbocycles. The number of benzene rings is 4. The molecule has 0 aromatic heterocycles. The Bertz CT molecular complexity index is 1630. The molecule has 0 radical (unpaired) electrons. The molecule has 0 saturated heterocycles. The number of carbonyl (C=O) groups excluding carboxylic acids is 2. The number of anilines is 1. The number of hydrogen-bond acceptors (Lipinski definition) is 6. The first kappa shape index (κ1) is 32.1. The van der Waals surface area contributed by atoms with Crippen molar-refractivity contribution in [2.75, 3.05) is 31.6 Å². The third kappa shape index (κ3) is 7.96. The molecule has 9 nitrogen and oxygen atoms in total. The van der Waals surface area contributed by atoms with Gasteiger partial charge >= 0.3 is 0 Å². The highest BCUT2D eigenvalue weighted by Gasteiger charge is 2.34. The second kappa shape index (κ2) is 15.1. The van der Waals surface area contributed by atoms with Gasteiger partial charge in [0.15, 0.2) is 0 Å². The molecule has 1 N–H and O–H groups in total. The number of amides is 2. The zero-order chi connectivity index (χ0) is 31.5. The number of ether oxygens (including phenoxy) is 2. The highest BCUT2D eigenvalue weighted by atomic mass is 32.2. The summed E-state index contributed by atoms with van der Waals surface area (Å²) in [5.41, 5.74) is 1.89. The number of rotatable bonds is 14. The minimum atomic E-state index is -4.20.